The molecular weight excluding hydrogens is 134 g/mol. The minimum Gasteiger partial charge on any atom is -0.480 e. The van der Waals surface area contributed by atoms with Gasteiger partial charge in [-0.2, -0.15) is 0 Å². The number of hydrogen-bond donors (Lipinski definition) is 2. The van der Waals surface area contributed by atoms with Gasteiger partial charge in [-0.15, -0.1) is 0 Å². The Hall–Kier alpha value is -0.610. The second-order valence-electron chi connectivity index (χ2n) is 2.42. The van der Waals surface area contributed by atoms with E-state index in [2.05, 4.69) is 5.32 Å². The summed E-state index contributed by atoms with van der Waals surface area (Å²) in [5, 5.41) is 11.2. The molecule has 4 heteroatoms. The fourth-order valence-corrected chi connectivity index (χ4v) is 0.581. The molecule has 0 amide bonds. The third-order valence-electron chi connectivity index (χ3n) is 1.42. The summed E-state index contributed by atoms with van der Waals surface area (Å²) in [4.78, 5) is 10.2. The maximum absolute atomic E-state index is 10.2. The smallest absolute Gasteiger partial charge is 0.320 e. The molecule has 1 rings (SSSR count). The van der Waals surface area contributed by atoms with Crippen molar-refractivity contribution in [2.75, 3.05) is 13.2 Å². The summed E-state index contributed by atoms with van der Waals surface area (Å²) in [6.07, 6.45) is 0.252. The lowest BCUT2D eigenvalue weighted by Crippen LogP contribution is -2.36. The van der Waals surface area contributed by atoms with Gasteiger partial charge >= 0.3 is 5.97 Å². The molecule has 2 N–H and O–H groups in total. The topological polar surface area (TPSA) is 61.9 Å². The minimum atomic E-state index is -0.819. The summed E-state index contributed by atoms with van der Waals surface area (Å²) in [6, 6.07) is -0.468. The summed E-state index contributed by atoms with van der Waals surface area (Å²) >= 11 is 0. The lowest BCUT2D eigenvalue weighted by molar-refractivity contribution is -0.138. The SMILES string of the molecule is CC(NCC1CO1)C(=O)O. The molecule has 1 saturated heterocycles. The molecule has 0 aromatic carbocycles. The highest BCUT2D eigenvalue weighted by molar-refractivity contribution is 5.72. The van der Waals surface area contributed by atoms with Crippen molar-refractivity contribution < 1.29 is 14.6 Å². The van der Waals surface area contributed by atoms with Gasteiger partial charge < -0.3 is 15.2 Å². The maximum atomic E-state index is 10.2. The van der Waals surface area contributed by atoms with E-state index in [9.17, 15) is 4.79 Å². The van der Waals surface area contributed by atoms with Gasteiger partial charge in [-0.1, -0.05) is 0 Å². The maximum Gasteiger partial charge on any atom is 0.320 e. The molecule has 58 valence electrons. The van der Waals surface area contributed by atoms with E-state index < -0.39 is 12.0 Å². The molecule has 1 heterocycles. The molecule has 0 aromatic heterocycles. The fraction of sp³-hybridized carbons (Fsp3) is 0.833. The van der Waals surface area contributed by atoms with Crippen LogP contribution in [0.1, 0.15) is 6.92 Å². The van der Waals surface area contributed by atoms with E-state index in [1.54, 1.807) is 6.92 Å². The van der Waals surface area contributed by atoms with E-state index in [1.807, 2.05) is 0 Å². The van der Waals surface area contributed by atoms with Gasteiger partial charge in [-0.3, -0.25) is 4.79 Å². The van der Waals surface area contributed by atoms with E-state index in [0.717, 1.165) is 6.61 Å². The van der Waals surface area contributed by atoms with Gasteiger partial charge in [0.25, 0.3) is 0 Å². The van der Waals surface area contributed by atoms with Gasteiger partial charge in [-0.05, 0) is 6.92 Å². The first kappa shape index (κ1) is 7.50. The summed E-state index contributed by atoms with van der Waals surface area (Å²) < 4.78 is 4.88. The molecule has 1 aliphatic rings. The van der Waals surface area contributed by atoms with Crippen molar-refractivity contribution in [1.82, 2.24) is 5.32 Å². The number of carboxylic acid groups (broad SMARTS) is 1. The number of ether oxygens (including phenoxy) is 1. The molecule has 0 spiro atoms. The zero-order valence-electron chi connectivity index (χ0n) is 5.83. The molecule has 2 unspecified atom stereocenters. The van der Waals surface area contributed by atoms with Gasteiger partial charge in [0.15, 0.2) is 0 Å². The fourth-order valence-electron chi connectivity index (χ4n) is 0.581. The predicted molar refractivity (Wildman–Crippen MR) is 34.8 cm³/mol. The first-order valence-electron chi connectivity index (χ1n) is 3.28. The molecular formula is C6H11NO3. The monoisotopic (exact) mass is 145 g/mol. The van der Waals surface area contributed by atoms with Crippen LogP contribution in [-0.2, 0) is 9.53 Å². The van der Waals surface area contributed by atoms with Crippen LogP contribution in [0, 0.1) is 0 Å². The summed E-state index contributed by atoms with van der Waals surface area (Å²) in [7, 11) is 0. The van der Waals surface area contributed by atoms with E-state index in [4.69, 9.17) is 9.84 Å². The Kier molecular flexibility index (Phi) is 2.24. The summed E-state index contributed by atoms with van der Waals surface area (Å²) in [6.45, 7) is 3.03. The van der Waals surface area contributed by atoms with Crippen molar-refractivity contribution in [3.8, 4) is 0 Å². The number of rotatable bonds is 4. The Morgan fingerprint density at radius 2 is 2.60 bits per heavy atom. The number of epoxide rings is 1. The van der Waals surface area contributed by atoms with Crippen LogP contribution in [0.2, 0.25) is 0 Å². The van der Waals surface area contributed by atoms with Crippen LogP contribution >= 0.6 is 0 Å². The van der Waals surface area contributed by atoms with Crippen molar-refractivity contribution in [3.05, 3.63) is 0 Å². The molecule has 0 bridgehead atoms. The quantitative estimate of drug-likeness (QED) is 0.521. The summed E-state index contributed by atoms with van der Waals surface area (Å²) in [5.41, 5.74) is 0. The lowest BCUT2D eigenvalue weighted by Gasteiger charge is -2.05. The number of aliphatic carboxylic acids is 1. The number of carbonyl (C=O) groups is 1. The Balaban J connectivity index is 2.05. The highest BCUT2D eigenvalue weighted by Gasteiger charge is 2.23. The van der Waals surface area contributed by atoms with Crippen molar-refractivity contribution in [3.63, 3.8) is 0 Å². The first-order chi connectivity index (χ1) is 4.70. The van der Waals surface area contributed by atoms with Crippen LogP contribution in [0.15, 0.2) is 0 Å². The molecule has 0 radical (unpaired) electrons. The highest BCUT2D eigenvalue weighted by Crippen LogP contribution is 2.06. The van der Waals surface area contributed by atoms with Gasteiger partial charge in [0, 0.05) is 6.54 Å². The third-order valence-corrected chi connectivity index (χ3v) is 1.42. The van der Waals surface area contributed by atoms with Crippen LogP contribution in [0.3, 0.4) is 0 Å². The Labute approximate surface area is 59.2 Å². The molecule has 0 aliphatic carbocycles. The van der Waals surface area contributed by atoms with Crippen molar-refractivity contribution in [2.45, 2.75) is 19.1 Å². The standard InChI is InChI=1S/C6H11NO3/c1-4(6(8)9)7-2-5-3-10-5/h4-5,7H,2-3H2,1H3,(H,8,9). The highest BCUT2D eigenvalue weighted by atomic mass is 16.6. The summed E-state index contributed by atoms with van der Waals surface area (Å²) in [5.74, 6) is -0.819. The van der Waals surface area contributed by atoms with Crippen LogP contribution in [0.4, 0.5) is 0 Å². The second-order valence-corrected chi connectivity index (χ2v) is 2.42. The second kappa shape index (κ2) is 2.98. The van der Waals surface area contributed by atoms with Gasteiger partial charge in [0.05, 0.1) is 12.7 Å². The largest absolute Gasteiger partial charge is 0.480 e. The zero-order chi connectivity index (χ0) is 7.56. The number of hydrogen-bond acceptors (Lipinski definition) is 3. The number of nitrogens with one attached hydrogen (secondary N) is 1. The molecule has 4 nitrogen and oxygen atoms in total. The zero-order valence-corrected chi connectivity index (χ0v) is 5.83. The molecule has 0 saturated carbocycles. The third kappa shape index (κ3) is 2.33. The first-order valence-corrected chi connectivity index (χ1v) is 3.28. The van der Waals surface area contributed by atoms with Crippen LogP contribution in [-0.4, -0.2) is 36.4 Å². The average molecular weight is 145 g/mol. The van der Waals surface area contributed by atoms with Crippen LogP contribution in [0.25, 0.3) is 0 Å². The normalized spacial score (nSPS) is 25.9. The van der Waals surface area contributed by atoms with E-state index in [-0.39, 0.29) is 6.10 Å². The minimum absolute atomic E-state index is 0.252. The Bertz CT molecular complexity index is 133. The Morgan fingerprint density at radius 1 is 2.00 bits per heavy atom. The van der Waals surface area contributed by atoms with Crippen molar-refractivity contribution in [1.29, 1.82) is 0 Å². The lowest BCUT2D eigenvalue weighted by atomic mass is 10.3. The Morgan fingerprint density at radius 3 is 3.00 bits per heavy atom. The molecule has 10 heavy (non-hydrogen) atoms. The van der Waals surface area contributed by atoms with Crippen molar-refractivity contribution >= 4 is 5.97 Å². The van der Waals surface area contributed by atoms with E-state index in [0.29, 0.717) is 6.54 Å². The van der Waals surface area contributed by atoms with Gasteiger partial charge in [0.1, 0.15) is 6.04 Å². The van der Waals surface area contributed by atoms with Crippen LogP contribution < -0.4 is 5.32 Å². The predicted octanol–water partition coefficient (Wildman–Crippen LogP) is -0.552. The van der Waals surface area contributed by atoms with Crippen molar-refractivity contribution in [2.24, 2.45) is 0 Å². The number of carboxylic acids is 1. The molecule has 1 fully saturated rings. The van der Waals surface area contributed by atoms with E-state index in [1.165, 1.54) is 0 Å². The van der Waals surface area contributed by atoms with E-state index >= 15 is 0 Å². The van der Waals surface area contributed by atoms with Crippen LogP contribution in [0.5, 0.6) is 0 Å². The molecule has 0 aromatic rings. The molecule has 2 atom stereocenters. The molecule has 1 aliphatic heterocycles. The van der Waals surface area contributed by atoms with Gasteiger partial charge in [0.2, 0.25) is 0 Å². The van der Waals surface area contributed by atoms with Gasteiger partial charge in [-0.25, -0.2) is 0 Å². The average Bonchev–Trinajstić information content (AvgIpc) is 2.64.